The zero-order valence-corrected chi connectivity index (χ0v) is 16.9. The number of rotatable bonds is 7. The minimum Gasteiger partial charge on any atom is -0.480 e. The molecule has 3 aromatic rings. The van der Waals surface area contributed by atoms with E-state index in [2.05, 4.69) is 30.9 Å². The monoisotopic (exact) mass is 449 g/mol. The Hall–Kier alpha value is -4.03. The highest BCUT2D eigenvalue weighted by Gasteiger charge is 2.30. The molecule has 3 heterocycles. The average Bonchev–Trinajstić information content (AvgIpc) is 3.21. The average molecular weight is 449 g/mol. The van der Waals surface area contributed by atoms with Crippen LogP contribution in [0.5, 0.6) is 0 Å². The Morgan fingerprint density at radius 3 is 2.62 bits per heavy atom. The van der Waals surface area contributed by atoms with Crippen molar-refractivity contribution in [3.05, 3.63) is 47.8 Å². The third-order valence-electron chi connectivity index (χ3n) is 4.28. The van der Waals surface area contributed by atoms with Crippen LogP contribution < -0.4 is 10.6 Å². The van der Waals surface area contributed by atoms with Crippen LogP contribution in [0.25, 0.3) is 11.4 Å². The van der Waals surface area contributed by atoms with Crippen molar-refractivity contribution in [1.82, 2.24) is 30.3 Å². The molecular formula is C19H18F3N7O3. The van der Waals surface area contributed by atoms with Gasteiger partial charge in [-0.15, -0.1) is 5.10 Å². The number of carbonyl (C=O) groups excluding carboxylic acids is 1. The van der Waals surface area contributed by atoms with Crippen LogP contribution in [0.3, 0.4) is 0 Å². The first-order valence-corrected chi connectivity index (χ1v) is 9.23. The molecule has 13 heteroatoms. The van der Waals surface area contributed by atoms with Crippen molar-refractivity contribution in [2.45, 2.75) is 26.1 Å². The van der Waals surface area contributed by atoms with E-state index in [9.17, 15) is 22.8 Å². The van der Waals surface area contributed by atoms with Crippen molar-refractivity contribution in [3.63, 3.8) is 0 Å². The number of carboxylic acid groups (broad SMARTS) is 1. The molecule has 0 aromatic carbocycles. The number of hydrogen-bond acceptors (Lipinski definition) is 7. The first-order valence-electron chi connectivity index (χ1n) is 9.23. The molecule has 0 saturated heterocycles. The molecule has 3 rings (SSSR count). The fourth-order valence-electron chi connectivity index (χ4n) is 2.68. The maximum Gasteiger partial charge on any atom is 0.416 e. The minimum atomic E-state index is -4.50. The molecule has 0 aliphatic carbocycles. The van der Waals surface area contributed by atoms with E-state index in [1.54, 1.807) is 19.1 Å². The van der Waals surface area contributed by atoms with Crippen LogP contribution in [-0.4, -0.2) is 48.5 Å². The number of carbonyl (C=O) groups is 2. The van der Waals surface area contributed by atoms with Gasteiger partial charge in [-0.05, 0) is 43.7 Å². The molecular weight excluding hydrogens is 431 g/mol. The molecule has 1 atom stereocenters. The molecule has 0 radical (unpaired) electrons. The van der Waals surface area contributed by atoms with Gasteiger partial charge in [-0.25, -0.2) is 14.6 Å². The molecule has 10 nitrogen and oxygen atoms in total. The van der Waals surface area contributed by atoms with E-state index in [-0.39, 0.29) is 11.6 Å². The van der Waals surface area contributed by atoms with Gasteiger partial charge < -0.3 is 15.7 Å². The molecule has 3 aromatic heterocycles. The zero-order valence-electron chi connectivity index (χ0n) is 16.9. The van der Waals surface area contributed by atoms with Crippen molar-refractivity contribution in [2.24, 2.45) is 0 Å². The van der Waals surface area contributed by atoms with E-state index in [0.29, 0.717) is 11.4 Å². The summed E-state index contributed by atoms with van der Waals surface area (Å²) >= 11 is 0. The molecule has 3 N–H and O–H groups in total. The molecule has 0 saturated carbocycles. The molecule has 0 unspecified atom stereocenters. The summed E-state index contributed by atoms with van der Waals surface area (Å²) in [6.07, 6.45) is -2.00. The number of anilines is 2. The van der Waals surface area contributed by atoms with Crippen LogP contribution in [0.4, 0.5) is 24.8 Å². The Morgan fingerprint density at radius 1 is 1.19 bits per heavy atom. The lowest BCUT2D eigenvalue weighted by atomic mass is 10.2. The third-order valence-corrected chi connectivity index (χ3v) is 4.28. The second kappa shape index (κ2) is 8.99. The quantitative estimate of drug-likeness (QED) is 0.501. The maximum absolute atomic E-state index is 12.9. The van der Waals surface area contributed by atoms with Gasteiger partial charge in [-0.1, -0.05) is 5.21 Å². The summed E-state index contributed by atoms with van der Waals surface area (Å²) in [5.74, 6) is -1.52. The third kappa shape index (κ3) is 5.56. The van der Waals surface area contributed by atoms with Crippen molar-refractivity contribution in [1.29, 1.82) is 0 Å². The molecule has 1 amide bonds. The van der Waals surface area contributed by atoms with E-state index >= 15 is 0 Å². The van der Waals surface area contributed by atoms with Crippen molar-refractivity contribution < 1.29 is 27.9 Å². The Labute approximate surface area is 179 Å². The summed E-state index contributed by atoms with van der Waals surface area (Å²) in [6, 6.07) is 4.22. The van der Waals surface area contributed by atoms with Gasteiger partial charge in [0.05, 0.1) is 17.5 Å². The van der Waals surface area contributed by atoms with Crippen molar-refractivity contribution in [2.75, 3.05) is 11.9 Å². The number of pyridine rings is 2. The normalized spacial score (nSPS) is 12.3. The van der Waals surface area contributed by atoms with Crippen LogP contribution in [0.1, 0.15) is 24.1 Å². The maximum atomic E-state index is 12.9. The van der Waals surface area contributed by atoms with E-state index < -0.39 is 36.2 Å². The van der Waals surface area contributed by atoms with E-state index in [1.165, 1.54) is 17.8 Å². The first-order chi connectivity index (χ1) is 15.0. The number of aliphatic carboxylic acids is 1. The molecule has 32 heavy (non-hydrogen) atoms. The van der Waals surface area contributed by atoms with Gasteiger partial charge in [-0.2, -0.15) is 13.2 Å². The predicted molar refractivity (Wildman–Crippen MR) is 106 cm³/mol. The summed E-state index contributed by atoms with van der Waals surface area (Å²) in [7, 11) is 0. The van der Waals surface area contributed by atoms with Crippen molar-refractivity contribution in [3.8, 4) is 11.4 Å². The number of nitrogens with zero attached hydrogens (tertiary/aromatic N) is 5. The van der Waals surface area contributed by atoms with Crippen LogP contribution >= 0.6 is 0 Å². The van der Waals surface area contributed by atoms with Crippen LogP contribution in [-0.2, 0) is 15.8 Å². The van der Waals surface area contributed by atoms with E-state index in [4.69, 9.17) is 5.11 Å². The lowest BCUT2D eigenvalue weighted by Gasteiger charge is -2.11. The lowest BCUT2D eigenvalue weighted by molar-refractivity contribution is -0.138. The van der Waals surface area contributed by atoms with Crippen LogP contribution in [0, 0.1) is 6.92 Å². The second-order valence-corrected chi connectivity index (χ2v) is 6.84. The highest BCUT2D eigenvalue weighted by molar-refractivity contribution is 5.83. The summed E-state index contributed by atoms with van der Waals surface area (Å²) < 4.78 is 40.0. The highest BCUT2D eigenvalue weighted by Crippen LogP contribution is 2.30. The van der Waals surface area contributed by atoms with Gasteiger partial charge in [0.25, 0.3) is 0 Å². The van der Waals surface area contributed by atoms with E-state index in [1.807, 2.05) is 0 Å². The van der Waals surface area contributed by atoms with Gasteiger partial charge in [0.1, 0.15) is 29.9 Å². The summed E-state index contributed by atoms with van der Waals surface area (Å²) in [5, 5.41) is 21.5. The fourth-order valence-corrected chi connectivity index (χ4v) is 2.68. The summed E-state index contributed by atoms with van der Waals surface area (Å²) in [5.41, 5.74) is 0.572. The van der Waals surface area contributed by atoms with Gasteiger partial charge in [0, 0.05) is 6.20 Å². The zero-order chi connectivity index (χ0) is 23.5. The molecule has 0 bridgehead atoms. The number of halogens is 3. The summed E-state index contributed by atoms with van der Waals surface area (Å²) in [4.78, 5) is 30.8. The molecule has 0 fully saturated rings. The smallest absolute Gasteiger partial charge is 0.416 e. The Morgan fingerprint density at radius 2 is 1.94 bits per heavy atom. The number of hydrogen-bond donors (Lipinski definition) is 3. The topological polar surface area (TPSA) is 135 Å². The number of amides is 1. The largest absolute Gasteiger partial charge is 0.480 e. The first kappa shape index (κ1) is 22.7. The lowest BCUT2D eigenvalue weighted by Crippen LogP contribution is -2.34. The Kier molecular flexibility index (Phi) is 6.37. The highest BCUT2D eigenvalue weighted by atomic mass is 19.4. The Balaban J connectivity index is 1.81. The van der Waals surface area contributed by atoms with Gasteiger partial charge in [-0.3, -0.25) is 9.59 Å². The van der Waals surface area contributed by atoms with Gasteiger partial charge in [0.15, 0.2) is 0 Å². The number of carboxylic acids is 1. The summed E-state index contributed by atoms with van der Waals surface area (Å²) in [6.45, 7) is 2.76. The molecule has 0 spiro atoms. The number of nitrogens with one attached hydrogen (secondary N) is 2. The predicted octanol–water partition coefficient (Wildman–Crippen LogP) is 2.57. The van der Waals surface area contributed by atoms with Gasteiger partial charge in [0.2, 0.25) is 5.91 Å². The van der Waals surface area contributed by atoms with Crippen molar-refractivity contribution >= 4 is 23.5 Å². The fraction of sp³-hybridized carbons (Fsp3) is 0.263. The van der Waals surface area contributed by atoms with Crippen LogP contribution in [0.2, 0.25) is 0 Å². The Bertz CT molecular complexity index is 1150. The SMILES string of the molecule is Cc1cc(Nc2cc(C(F)(F)F)ccn2)nc(-c2cn([C@@H](C)C(=O)NCC(=O)O)nn2)c1. The van der Waals surface area contributed by atoms with Gasteiger partial charge >= 0.3 is 12.1 Å². The number of aryl methyl sites for hydroxylation is 1. The molecule has 0 aliphatic heterocycles. The van der Waals surface area contributed by atoms with Crippen LogP contribution in [0.15, 0.2) is 36.7 Å². The number of aromatic nitrogens is 5. The van der Waals surface area contributed by atoms with E-state index in [0.717, 1.165) is 23.9 Å². The molecule has 168 valence electrons. The second-order valence-electron chi connectivity index (χ2n) is 6.84. The molecule has 0 aliphatic rings. The minimum absolute atomic E-state index is 0.0312. The standard InChI is InChI=1S/C19H18F3N7O3/c1-10-5-13(14-9-29(28-27-14)11(2)18(32)24-8-17(30)31)25-16(6-10)26-15-7-12(3-4-23-15)19(20,21)22/h3-7,9,11H,8H2,1-2H3,(H,24,32)(H,30,31)(H,23,25,26)/t11-/m0/s1. The number of alkyl halides is 3.